The number of benzene rings is 3. The van der Waals surface area contributed by atoms with Gasteiger partial charge in [0.1, 0.15) is 23.4 Å². The molecule has 49 heavy (non-hydrogen) atoms. The predicted octanol–water partition coefficient (Wildman–Crippen LogP) is 8.75. The molecule has 8 nitrogen and oxygen atoms in total. The van der Waals surface area contributed by atoms with Crippen LogP contribution < -0.4 is 4.74 Å². The van der Waals surface area contributed by atoms with E-state index in [1.165, 1.54) is 12.1 Å². The van der Waals surface area contributed by atoms with E-state index in [0.29, 0.717) is 61.9 Å². The zero-order chi connectivity index (χ0) is 34.9. The van der Waals surface area contributed by atoms with E-state index in [2.05, 4.69) is 11.5 Å². The van der Waals surface area contributed by atoms with Crippen molar-refractivity contribution in [1.82, 2.24) is 14.3 Å². The summed E-state index contributed by atoms with van der Waals surface area (Å²) in [5.74, 6) is 0.0248. The molecule has 1 aliphatic heterocycles. The minimum Gasteiger partial charge on any atom is -0.493 e. The van der Waals surface area contributed by atoms with Crippen LogP contribution in [0.2, 0.25) is 5.02 Å². The van der Waals surface area contributed by atoms with Gasteiger partial charge in [-0.3, -0.25) is 4.68 Å². The molecule has 0 radical (unpaired) electrons. The number of carbonyl (C=O) groups is 1. The number of aliphatic hydroxyl groups is 1. The van der Waals surface area contributed by atoms with Crippen LogP contribution in [0.15, 0.2) is 48.5 Å². The minimum atomic E-state index is -0.990. The summed E-state index contributed by atoms with van der Waals surface area (Å²) in [6.45, 7) is 9.16. The van der Waals surface area contributed by atoms with Gasteiger partial charge in [-0.15, -0.1) is 0 Å². The molecule has 2 aromatic heterocycles. The summed E-state index contributed by atoms with van der Waals surface area (Å²) in [5, 5.41) is 19.0. The van der Waals surface area contributed by atoms with E-state index < -0.39 is 11.7 Å². The van der Waals surface area contributed by atoms with Crippen LogP contribution in [-0.4, -0.2) is 50.8 Å². The Morgan fingerprint density at radius 3 is 2.67 bits per heavy atom. The Morgan fingerprint density at radius 2 is 1.92 bits per heavy atom. The van der Waals surface area contributed by atoms with Gasteiger partial charge in [-0.2, -0.15) is 5.10 Å². The largest absolute Gasteiger partial charge is 0.493 e. The van der Waals surface area contributed by atoms with E-state index in [1.54, 1.807) is 19.9 Å². The molecule has 1 N–H and O–H groups in total. The van der Waals surface area contributed by atoms with Crippen molar-refractivity contribution >= 4 is 39.2 Å². The molecule has 0 saturated heterocycles. The van der Waals surface area contributed by atoms with Crippen molar-refractivity contribution < 1.29 is 28.5 Å². The van der Waals surface area contributed by atoms with Crippen LogP contribution in [0.25, 0.3) is 32.8 Å². The van der Waals surface area contributed by atoms with Crippen LogP contribution in [0, 0.1) is 5.82 Å². The summed E-state index contributed by atoms with van der Waals surface area (Å²) in [5.41, 5.74) is 4.70. The normalized spacial score (nSPS) is 15.3. The van der Waals surface area contributed by atoms with Gasteiger partial charge in [0.25, 0.3) is 0 Å². The second-order valence-electron chi connectivity index (χ2n) is 13.4. The van der Waals surface area contributed by atoms with Gasteiger partial charge in [-0.25, -0.2) is 9.18 Å². The fourth-order valence-corrected chi connectivity index (χ4v) is 7.44. The summed E-state index contributed by atoms with van der Waals surface area (Å²) in [4.78, 5) is 13.9. The average molecular weight is 690 g/mol. The highest BCUT2D eigenvalue weighted by Crippen LogP contribution is 2.45. The van der Waals surface area contributed by atoms with Crippen molar-refractivity contribution in [2.24, 2.45) is 7.05 Å². The van der Waals surface area contributed by atoms with Gasteiger partial charge in [0, 0.05) is 54.2 Å². The topological polar surface area (TPSA) is 87.7 Å². The fraction of sp³-hybridized carbons (Fsp3) is 0.436. The molecule has 260 valence electrons. The van der Waals surface area contributed by atoms with Crippen molar-refractivity contribution in [2.75, 3.05) is 19.8 Å². The minimum absolute atomic E-state index is 0.247. The van der Waals surface area contributed by atoms with Crippen LogP contribution in [0.4, 0.5) is 4.39 Å². The quantitative estimate of drug-likeness (QED) is 0.117. The second kappa shape index (κ2) is 14.5. The molecular weight excluding hydrogens is 645 g/mol. The summed E-state index contributed by atoms with van der Waals surface area (Å²) in [6, 6.07) is 14.2. The number of halogens is 2. The van der Waals surface area contributed by atoms with Gasteiger partial charge < -0.3 is 23.9 Å². The molecule has 0 bridgehead atoms. The first-order chi connectivity index (χ1) is 23.5. The zero-order valence-electron chi connectivity index (χ0n) is 28.9. The molecule has 6 rings (SSSR count). The number of esters is 1. The summed E-state index contributed by atoms with van der Waals surface area (Å²) < 4.78 is 36.2. The number of aryl methyl sites for hydroxylation is 3. The van der Waals surface area contributed by atoms with E-state index in [9.17, 15) is 14.3 Å². The van der Waals surface area contributed by atoms with E-state index in [1.807, 2.05) is 49.0 Å². The first-order valence-corrected chi connectivity index (χ1v) is 17.6. The van der Waals surface area contributed by atoms with Crippen molar-refractivity contribution in [1.29, 1.82) is 0 Å². The van der Waals surface area contributed by atoms with Crippen LogP contribution in [-0.2, 0) is 35.9 Å². The molecule has 0 saturated carbocycles. The van der Waals surface area contributed by atoms with Crippen molar-refractivity contribution in [3.05, 3.63) is 82.0 Å². The Bertz CT molecular complexity index is 1990. The summed E-state index contributed by atoms with van der Waals surface area (Å²) in [6.07, 6.45) is 3.29. The zero-order valence-corrected chi connectivity index (χ0v) is 29.7. The number of hydrogen-bond acceptors (Lipinski definition) is 6. The molecule has 3 aromatic carbocycles. The number of nitrogens with zero attached hydrogens (tertiary/aromatic N) is 3. The van der Waals surface area contributed by atoms with Crippen molar-refractivity contribution in [3.8, 4) is 16.9 Å². The maximum absolute atomic E-state index is 13.9. The van der Waals surface area contributed by atoms with Gasteiger partial charge in [0.15, 0.2) is 0 Å². The Balaban J connectivity index is 1.48. The van der Waals surface area contributed by atoms with Gasteiger partial charge in [-0.05, 0) is 94.2 Å². The highest BCUT2D eigenvalue weighted by Gasteiger charge is 2.34. The molecule has 0 fully saturated rings. The maximum atomic E-state index is 13.9. The molecular formula is C39H45ClFN3O5. The van der Waals surface area contributed by atoms with Gasteiger partial charge >= 0.3 is 5.97 Å². The number of fused-ring (bicyclic) bond motifs is 3. The Hall–Kier alpha value is -3.92. The first-order valence-electron chi connectivity index (χ1n) is 17.2. The number of hydrogen-bond donors (Lipinski definition) is 1. The monoisotopic (exact) mass is 689 g/mol. The molecule has 1 aliphatic rings. The molecule has 0 spiro atoms. The van der Waals surface area contributed by atoms with E-state index in [-0.39, 0.29) is 18.4 Å². The lowest BCUT2D eigenvalue weighted by Gasteiger charge is -2.25. The highest BCUT2D eigenvalue weighted by molar-refractivity contribution is 6.35. The van der Waals surface area contributed by atoms with Gasteiger partial charge in [-0.1, -0.05) is 36.7 Å². The smallest absolute Gasteiger partial charge is 0.355 e. The number of ether oxygens (including phenoxy) is 3. The van der Waals surface area contributed by atoms with Crippen LogP contribution in [0.3, 0.4) is 0 Å². The molecule has 10 heteroatoms. The first kappa shape index (κ1) is 34.9. The molecule has 1 unspecified atom stereocenters. The average Bonchev–Trinajstić information content (AvgIpc) is 3.54. The summed E-state index contributed by atoms with van der Waals surface area (Å²) >= 11 is 7.17. The molecule has 1 atom stereocenters. The SMILES string of the molecule is CCOC(=O)c1c(CCCOc2cccc3cc(F)ccc23)c2ccc(Cl)c3c2n1CCCCOC(CC(C)(C)O)c1nn(C)c(CC)c1-3. The maximum Gasteiger partial charge on any atom is 0.355 e. The Labute approximate surface area is 291 Å². The molecule has 0 aliphatic carbocycles. The summed E-state index contributed by atoms with van der Waals surface area (Å²) in [7, 11) is 1.92. The van der Waals surface area contributed by atoms with Crippen LogP contribution in [0.5, 0.6) is 5.75 Å². The predicted molar refractivity (Wildman–Crippen MR) is 191 cm³/mol. The van der Waals surface area contributed by atoms with E-state index in [0.717, 1.165) is 62.6 Å². The van der Waals surface area contributed by atoms with Crippen LogP contribution >= 0.6 is 11.6 Å². The van der Waals surface area contributed by atoms with E-state index in [4.69, 9.17) is 30.9 Å². The lowest BCUT2D eigenvalue weighted by Crippen LogP contribution is -2.24. The number of aromatic nitrogens is 3. The van der Waals surface area contributed by atoms with Gasteiger partial charge in [0.05, 0.1) is 35.0 Å². The molecule has 3 heterocycles. The standard InChI is InChI=1S/C39H45ClFN3O5/c1-6-30-34-33-29(40)18-17-28-27(13-11-21-48-31-14-10-12-24-22-25(41)15-16-26(24)31)37(38(45)47-7-2)44(36(28)33)19-8-9-20-49-32(23-39(3,4)46)35(34)42-43(30)5/h10,12,14-18,22,32,46H,6-9,11,13,19-21,23H2,1-5H3. The number of rotatable bonds is 10. The molecule has 0 amide bonds. The van der Waals surface area contributed by atoms with Crippen molar-refractivity contribution in [3.63, 3.8) is 0 Å². The lowest BCUT2D eigenvalue weighted by atomic mass is 9.92. The Morgan fingerprint density at radius 1 is 1.12 bits per heavy atom. The molecule has 5 aromatic rings. The second-order valence-corrected chi connectivity index (χ2v) is 13.8. The van der Waals surface area contributed by atoms with E-state index >= 15 is 0 Å². The lowest BCUT2D eigenvalue weighted by molar-refractivity contribution is -0.0249. The highest BCUT2D eigenvalue weighted by atomic mass is 35.5. The number of carbonyl (C=O) groups excluding carboxylic acids is 1. The van der Waals surface area contributed by atoms with Crippen molar-refractivity contribution in [2.45, 2.75) is 84.5 Å². The van der Waals surface area contributed by atoms with Crippen LogP contribution in [0.1, 0.15) is 86.9 Å². The third-order valence-corrected chi connectivity index (χ3v) is 9.56. The third-order valence-electron chi connectivity index (χ3n) is 9.24. The third kappa shape index (κ3) is 7.07. The fourth-order valence-electron chi connectivity index (χ4n) is 7.19. The van der Waals surface area contributed by atoms with Gasteiger partial charge in [0.2, 0.25) is 0 Å². The Kier molecular flexibility index (Phi) is 10.3.